The summed E-state index contributed by atoms with van der Waals surface area (Å²) in [5, 5.41) is 0. The number of hydrogen-bond acceptors (Lipinski definition) is 1. The van der Waals surface area contributed by atoms with Crippen LogP contribution < -0.4 is 0 Å². The number of nitrogens with zero attached hydrogens (tertiary/aromatic N) is 1. The lowest BCUT2D eigenvalue weighted by atomic mass is 10.1. The van der Waals surface area contributed by atoms with Crippen molar-refractivity contribution in [2.75, 3.05) is 13.6 Å². The standard InChI is InChI=1S/C15H33N.C3H8.2C2H6/c1-5-6-7-8-9-10-11-12-13-14-16(4)15(2)3;1-3-2;2*1-2/h15H,5-14H2,1-4H3;3H2,1-2H3;2*1-2H3. The molecule has 0 atom stereocenters. The molecule has 1 nitrogen and oxygen atoms in total. The highest BCUT2D eigenvalue weighted by molar-refractivity contribution is 4.56. The lowest BCUT2D eigenvalue weighted by Crippen LogP contribution is -2.27. The van der Waals surface area contributed by atoms with E-state index < -0.39 is 0 Å². The second-order valence-electron chi connectivity index (χ2n) is 6.11. The third kappa shape index (κ3) is 39.1. The molecule has 0 aromatic rings. The van der Waals surface area contributed by atoms with Gasteiger partial charge in [-0.1, -0.05) is 106 Å². The zero-order valence-electron chi connectivity index (χ0n) is 18.8. The zero-order valence-corrected chi connectivity index (χ0v) is 18.8. The summed E-state index contributed by atoms with van der Waals surface area (Å²) in [4.78, 5) is 2.45. The Bertz CT molecular complexity index is 143. The van der Waals surface area contributed by atoms with Crippen molar-refractivity contribution >= 4 is 0 Å². The molecule has 0 aliphatic heterocycles. The lowest BCUT2D eigenvalue weighted by molar-refractivity contribution is 0.267. The molecular formula is C22H53N. The monoisotopic (exact) mass is 331 g/mol. The van der Waals surface area contributed by atoms with E-state index in [2.05, 4.69) is 46.6 Å². The van der Waals surface area contributed by atoms with Gasteiger partial charge in [0.05, 0.1) is 0 Å². The van der Waals surface area contributed by atoms with Crippen LogP contribution in [0.3, 0.4) is 0 Å². The Morgan fingerprint density at radius 1 is 0.609 bits per heavy atom. The Morgan fingerprint density at radius 3 is 1.22 bits per heavy atom. The van der Waals surface area contributed by atoms with Gasteiger partial charge in [0.1, 0.15) is 0 Å². The smallest absolute Gasteiger partial charge is 0.00355 e. The summed E-state index contributed by atoms with van der Waals surface area (Å²) in [6.07, 6.45) is 14.1. The zero-order chi connectivity index (χ0) is 18.9. The van der Waals surface area contributed by atoms with Crippen LogP contribution in [0.15, 0.2) is 0 Å². The first-order valence-electron chi connectivity index (χ1n) is 10.8. The van der Waals surface area contributed by atoms with Crippen molar-refractivity contribution in [3.05, 3.63) is 0 Å². The Morgan fingerprint density at radius 2 is 0.913 bits per heavy atom. The molecule has 0 rings (SSSR count). The van der Waals surface area contributed by atoms with Gasteiger partial charge in [-0.15, -0.1) is 0 Å². The summed E-state index contributed by atoms with van der Waals surface area (Å²) in [5.41, 5.74) is 0. The van der Waals surface area contributed by atoms with Crippen LogP contribution in [-0.2, 0) is 0 Å². The largest absolute Gasteiger partial charge is 0.304 e. The van der Waals surface area contributed by atoms with Crippen LogP contribution in [0.5, 0.6) is 0 Å². The maximum absolute atomic E-state index is 2.45. The van der Waals surface area contributed by atoms with Gasteiger partial charge < -0.3 is 4.90 Å². The third-order valence-electron chi connectivity index (χ3n) is 3.50. The van der Waals surface area contributed by atoms with Gasteiger partial charge in [-0.05, 0) is 33.9 Å². The van der Waals surface area contributed by atoms with Gasteiger partial charge in [0, 0.05) is 6.04 Å². The number of unbranched alkanes of at least 4 members (excludes halogenated alkanes) is 8. The predicted molar refractivity (Wildman–Crippen MR) is 114 cm³/mol. The molecule has 0 fully saturated rings. The topological polar surface area (TPSA) is 3.24 Å². The Balaban J connectivity index is -0.000000222. The summed E-state index contributed by atoms with van der Waals surface area (Å²) < 4.78 is 0. The van der Waals surface area contributed by atoms with Gasteiger partial charge in [-0.25, -0.2) is 0 Å². The van der Waals surface area contributed by atoms with Crippen LogP contribution in [-0.4, -0.2) is 24.5 Å². The Hall–Kier alpha value is -0.0400. The second kappa shape index (κ2) is 33.5. The van der Waals surface area contributed by atoms with Gasteiger partial charge in [-0.2, -0.15) is 0 Å². The van der Waals surface area contributed by atoms with Crippen LogP contribution in [0.25, 0.3) is 0 Å². The van der Waals surface area contributed by atoms with Crippen molar-refractivity contribution in [2.45, 2.75) is 133 Å². The van der Waals surface area contributed by atoms with Crippen LogP contribution in [0.2, 0.25) is 0 Å². The highest BCUT2D eigenvalue weighted by Gasteiger charge is 2.01. The third-order valence-corrected chi connectivity index (χ3v) is 3.50. The van der Waals surface area contributed by atoms with E-state index in [4.69, 9.17) is 0 Å². The van der Waals surface area contributed by atoms with Gasteiger partial charge in [-0.3, -0.25) is 0 Å². The number of hydrogen-bond donors (Lipinski definition) is 0. The molecule has 146 valence electrons. The molecule has 0 aliphatic rings. The number of rotatable bonds is 11. The van der Waals surface area contributed by atoms with Gasteiger partial charge in [0.2, 0.25) is 0 Å². The Kier molecular flexibility index (Phi) is 44.9. The lowest BCUT2D eigenvalue weighted by Gasteiger charge is -2.20. The normalized spacial score (nSPS) is 9.39. The van der Waals surface area contributed by atoms with Gasteiger partial charge >= 0.3 is 0 Å². The maximum Gasteiger partial charge on any atom is 0.00355 e. The minimum atomic E-state index is 0.703. The molecule has 0 spiro atoms. The van der Waals surface area contributed by atoms with Crippen molar-refractivity contribution in [3.63, 3.8) is 0 Å². The highest BCUT2D eigenvalue weighted by Crippen LogP contribution is 2.10. The molecule has 1 heteroatoms. The van der Waals surface area contributed by atoms with E-state index in [0.717, 1.165) is 0 Å². The predicted octanol–water partition coefficient (Wildman–Crippen LogP) is 8.33. The molecule has 0 aliphatic carbocycles. The van der Waals surface area contributed by atoms with E-state index >= 15 is 0 Å². The van der Waals surface area contributed by atoms with Crippen molar-refractivity contribution < 1.29 is 0 Å². The van der Waals surface area contributed by atoms with E-state index in [-0.39, 0.29) is 0 Å². The van der Waals surface area contributed by atoms with Crippen LogP contribution in [0, 0.1) is 0 Å². The molecule has 0 saturated heterocycles. The minimum absolute atomic E-state index is 0.703. The summed E-state index contributed by atoms with van der Waals surface area (Å²) in [6, 6.07) is 0.703. The van der Waals surface area contributed by atoms with E-state index in [9.17, 15) is 0 Å². The summed E-state index contributed by atoms with van der Waals surface area (Å²) in [6.45, 7) is 20.3. The van der Waals surface area contributed by atoms with Crippen LogP contribution in [0.1, 0.15) is 127 Å². The highest BCUT2D eigenvalue weighted by atomic mass is 15.1. The fourth-order valence-corrected chi connectivity index (χ4v) is 1.93. The van der Waals surface area contributed by atoms with E-state index in [1.807, 2.05) is 27.7 Å². The van der Waals surface area contributed by atoms with E-state index in [1.165, 1.54) is 70.8 Å². The summed E-state index contributed by atoms with van der Waals surface area (Å²) >= 11 is 0. The Labute approximate surface area is 151 Å². The fraction of sp³-hybridized carbons (Fsp3) is 1.00. The second-order valence-corrected chi connectivity index (χ2v) is 6.11. The molecule has 0 amide bonds. The SMILES string of the molecule is CC.CC.CCC.CCCCCCCCCCCN(C)C(C)C. The molecular weight excluding hydrogens is 278 g/mol. The summed E-state index contributed by atoms with van der Waals surface area (Å²) in [7, 11) is 2.23. The molecule has 0 aromatic carbocycles. The first-order chi connectivity index (χ1) is 11.1. The van der Waals surface area contributed by atoms with Crippen molar-refractivity contribution in [2.24, 2.45) is 0 Å². The quantitative estimate of drug-likeness (QED) is 0.344. The van der Waals surface area contributed by atoms with Crippen molar-refractivity contribution in [1.29, 1.82) is 0 Å². The average Bonchev–Trinajstić information content (AvgIpc) is 2.57. The molecule has 0 saturated carbocycles. The first-order valence-corrected chi connectivity index (χ1v) is 10.8. The molecule has 23 heavy (non-hydrogen) atoms. The fourth-order valence-electron chi connectivity index (χ4n) is 1.93. The molecule has 0 heterocycles. The molecule has 0 bridgehead atoms. The molecule has 0 radical (unpaired) electrons. The van der Waals surface area contributed by atoms with E-state index in [1.54, 1.807) is 0 Å². The van der Waals surface area contributed by atoms with Crippen LogP contribution >= 0.6 is 0 Å². The van der Waals surface area contributed by atoms with Gasteiger partial charge in [0.15, 0.2) is 0 Å². The molecule has 0 N–H and O–H groups in total. The van der Waals surface area contributed by atoms with Crippen molar-refractivity contribution in [3.8, 4) is 0 Å². The molecule has 0 aromatic heterocycles. The minimum Gasteiger partial charge on any atom is -0.304 e. The first kappa shape index (κ1) is 30.8. The maximum atomic E-state index is 2.45. The van der Waals surface area contributed by atoms with Crippen LogP contribution in [0.4, 0.5) is 0 Å². The average molecular weight is 332 g/mol. The van der Waals surface area contributed by atoms with Crippen molar-refractivity contribution in [1.82, 2.24) is 4.90 Å². The van der Waals surface area contributed by atoms with Gasteiger partial charge in [0.25, 0.3) is 0 Å². The summed E-state index contributed by atoms with van der Waals surface area (Å²) in [5.74, 6) is 0. The van der Waals surface area contributed by atoms with E-state index in [0.29, 0.717) is 6.04 Å². The molecule has 0 unspecified atom stereocenters.